The number of alkyl halides is 2. The first kappa shape index (κ1) is 8.06. The van der Waals surface area contributed by atoms with E-state index in [1.807, 2.05) is 0 Å². The molecule has 0 heterocycles. The minimum atomic E-state index is 0.722. The molecule has 54 valence electrons. The molecule has 9 heavy (non-hydrogen) atoms. The highest BCUT2D eigenvalue weighted by atomic mass is 79.9. The van der Waals surface area contributed by atoms with Crippen molar-refractivity contribution in [1.82, 2.24) is 0 Å². The van der Waals surface area contributed by atoms with Gasteiger partial charge >= 0.3 is 0 Å². The fraction of sp³-hybridized carbons (Fsp3) is 1.00. The van der Waals surface area contributed by atoms with E-state index >= 15 is 0 Å². The fourth-order valence-corrected chi connectivity index (χ4v) is 2.39. The zero-order valence-corrected chi connectivity index (χ0v) is 8.62. The van der Waals surface area contributed by atoms with Crippen molar-refractivity contribution in [1.29, 1.82) is 0 Å². The summed E-state index contributed by atoms with van der Waals surface area (Å²) in [6, 6.07) is 0. The van der Waals surface area contributed by atoms with E-state index in [1.54, 1.807) is 0 Å². The first-order valence-corrected chi connectivity index (χ1v) is 5.42. The maximum Gasteiger partial charge on any atom is 0.0271 e. The molecule has 1 aliphatic carbocycles. The van der Waals surface area contributed by atoms with Crippen molar-refractivity contribution in [3.63, 3.8) is 0 Å². The van der Waals surface area contributed by atoms with E-state index in [4.69, 9.17) is 0 Å². The molecule has 0 unspecified atom stereocenters. The second-order valence-corrected chi connectivity index (χ2v) is 5.02. The molecule has 1 saturated carbocycles. The van der Waals surface area contributed by atoms with Crippen molar-refractivity contribution in [2.45, 2.75) is 41.8 Å². The van der Waals surface area contributed by atoms with Crippen molar-refractivity contribution < 1.29 is 0 Å². The first-order valence-electron chi connectivity index (χ1n) is 3.59. The zero-order valence-electron chi connectivity index (χ0n) is 5.45. The van der Waals surface area contributed by atoms with Crippen LogP contribution in [0.5, 0.6) is 0 Å². The van der Waals surface area contributed by atoms with Gasteiger partial charge in [-0.05, 0) is 12.8 Å². The van der Waals surface area contributed by atoms with Crippen LogP contribution < -0.4 is 0 Å². The second-order valence-electron chi connectivity index (χ2n) is 2.67. The lowest BCUT2D eigenvalue weighted by Gasteiger charge is -2.10. The van der Waals surface area contributed by atoms with Gasteiger partial charge in [0.15, 0.2) is 0 Å². The van der Waals surface area contributed by atoms with Gasteiger partial charge in [0.05, 0.1) is 0 Å². The van der Waals surface area contributed by atoms with Crippen LogP contribution in [0.25, 0.3) is 0 Å². The van der Waals surface area contributed by atoms with Gasteiger partial charge < -0.3 is 0 Å². The molecular formula is C7H12Br2. The highest BCUT2D eigenvalue weighted by Gasteiger charge is 2.17. The Morgan fingerprint density at radius 2 is 1.22 bits per heavy atom. The van der Waals surface area contributed by atoms with Crippen LogP contribution in [0.2, 0.25) is 0 Å². The molecule has 2 atom stereocenters. The minimum absolute atomic E-state index is 0.722. The lowest BCUT2D eigenvalue weighted by molar-refractivity contribution is 0.705. The van der Waals surface area contributed by atoms with Crippen molar-refractivity contribution in [2.75, 3.05) is 0 Å². The van der Waals surface area contributed by atoms with Gasteiger partial charge in [0, 0.05) is 9.65 Å². The van der Waals surface area contributed by atoms with Crippen molar-refractivity contribution in [3.8, 4) is 0 Å². The van der Waals surface area contributed by atoms with Gasteiger partial charge in [-0.25, -0.2) is 0 Å². The number of hydrogen-bond donors (Lipinski definition) is 0. The van der Waals surface area contributed by atoms with E-state index in [0.29, 0.717) is 0 Å². The molecular weight excluding hydrogens is 244 g/mol. The lowest BCUT2D eigenvalue weighted by Crippen LogP contribution is -2.10. The molecule has 0 nitrogen and oxygen atoms in total. The average molecular weight is 256 g/mol. The maximum atomic E-state index is 3.66. The summed E-state index contributed by atoms with van der Waals surface area (Å²) in [7, 11) is 0. The maximum absolute atomic E-state index is 3.66. The van der Waals surface area contributed by atoms with Crippen molar-refractivity contribution in [2.24, 2.45) is 0 Å². The van der Waals surface area contributed by atoms with Gasteiger partial charge in [0.25, 0.3) is 0 Å². The van der Waals surface area contributed by atoms with Gasteiger partial charge in [0.1, 0.15) is 0 Å². The lowest BCUT2D eigenvalue weighted by atomic mass is 10.2. The van der Waals surface area contributed by atoms with Gasteiger partial charge in [-0.1, -0.05) is 51.1 Å². The van der Waals surface area contributed by atoms with E-state index in [9.17, 15) is 0 Å². The van der Waals surface area contributed by atoms with E-state index in [0.717, 1.165) is 9.65 Å². The number of halogens is 2. The quantitative estimate of drug-likeness (QED) is 0.459. The number of rotatable bonds is 0. The second kappa shape index (κ2) is 3.97. The van der Waals surface area contributed by atoms with Crippen LogP contribution >= 0.6 is 31.9 Å². The zero-order chi connectivity index (χ0) is 6.69. The third-order valence-corrected chi connectivity index (χ3v) is 4.75. The Bertz CT molecular complexity index is 73.0. The largest absolute Gasteiger partial charge is 0.0879 e. The SMILES string of the molecule is Br[C@@H]1CCCCC[C@@H]1Br. The summed E-state index contributed by atoms with van der Waals surface area (Å²) < 4.78 is 0. The van der Waals surface area contributed by atoms with E-state index in [-0.39, 0.29) is 0 Å². The topological polar surface area (TPSA) is 0 Å². The standard InChI is InChI=1S/C7H12Br2/c8-6-4-2-1-3-5-7(6)9/h6-7H,1-5H2/t6-,7+. The molecule has 0 aromatic heterocycles. The Kier molecular flexibility index (Phi) is 3.55. The highest BCUT2D eigenvalue weighted by Crippen LogP contribution is 2.28. The fourth-order valence-electron chi connectivity index (χ4n) is 1.22. The smallest absolute Gasteiger partial charge is 0.0271 e. The predicted molar refractivity (Wildman–Crippen MR) is 48.5 cm³/mol. The van der Waals surface area contributed by atoms with Gasteiger partial charge in [-0.3, -0.25) is 0 Å². The molecule has 0 aliphatic heterocycles. The van der Waals surface area contributed by atoms with E-state index in [1.165, 1.54) is 32.1 Å². The molecule has 2 heteroatoms. The Morgan fingerprint density at radius 3 is 1.67 bits per heavy atom. The molecule has 1 aliphatic rings. The van der Waals surface area contributed by atoms with E-state index < -0.39 is 0 Å². The number of hydrogen-bond acceptors (Lipinski definition) is 0. The average Bonchev–Trinajstić information content (AvgIpc) is 1.99. The molecule has 1 rings (SSSR count). The summed E-state index contributed by atoms with van der Waals surface area (Å²) in [5, 5.41) is 0. The minimum Gasteiger partial charge on any atom is -0.0879 e. The van der Waals surface area contributed by atoms with Crippen LogP contribution in [0.4, 0.5) is 0 Å². The summed E-state index contributed by atoms with van der Waals surface area (Å²) in [4.78, 5) is 1.44. The Hall–Kier alpha value is 0.960. The molecule has 0 saturated heterocycles. The molecule has 1 fully saturated rings. The monoisotopic (exact) mass is 254 g/mol. The molecule has 0 bridgehead atoms. The Labute approximate surface area is 73.7 Å². The molecule has 0 aromatic rings. The molecule has 0 amide bonds. The molecule has 0 N–H and O–H groups in total. The van der Waals surface area contributed by atoms with Gasteiger partial charge in [0.2, 0.25) is 0 Å². The van der Waals surface area contributed by atoms with Crippen molar-refractivity contribution in [3.05, 3.63) is 0 Å². The third kappa shape index (κ3) is 2.58. The summed E-state index contributed by atoms with van der Waals surface area (Å²) in [5.74, 6) is 0. The van der Waals surface area contributed by atoms with Gasteiger partial charge in [-0.2, -0.15) is 0 Å². The van der Waals surface area contributed by atoms with Gasteiger partial charge in [-0.15, -0.1) is 0 Å². The normalized spacial score (nSPS) is 38.0. The summed E-state index contributed by atoms with van der Waals surface area (Å²) in [5.41, 5.74) is 0. The summed E-state index contributed by atoms with van der Waals surface area (Å²) in [6.45, 7) is 0. The van der Waals surface area contributed by atoms with Crippen LogP contribution in [-0.2, 0) is 0 Å². The van der Waals surface area contributed by atoms with Crippen LogP contribution in [0.3, 0.4) is 0 Å². The highest BCUT2D eigenvalue weighted by molar-refractivity contribution is 9.12. The first-order chi connectivity index (χ1) is 4.30. The van der Waals surface area contributed by atoms with Crippen molar-refractivity contribution >= 4 is 31.9 Å². The summed E-state index contributed by atoms with van der Waals surface area (Å²) >= 11 is 7.31. The molecule has 0 radical (unpaired) electrons. The van der Waals surface area contributed by atoms with Crippen LogP contribution in [0.15, 0.2) is 0 Å². The summed E-state index contributed by atoms with van der Waals surface area (Å²) in [6.07, 6.45) is 6.91. The van der Waals surface area contributed by atoms with Crippen LogP contribution in [-0.4, -0.2) is 9.65 Å². The Morgan fingerprint density at radius 1 is 0.778 bits per heavy atom. The third-order valence-electron chi connectivity index (χ3n) is 1.85. The van der Waals surface area contributed by atoms with Crippen LogP contribution in [0.1, 0.15) is 32.1 Å². The Balaban J connectivity index is 2.32. The molecule has 0 aromatic carbocycles. The van der Waals surface area contributed by atoms with E-state index in [2.05, 4.69) is 31.9 Å². The predicted octanol–water partition coefficient (Wildman–Crippen LogP) is 3.48. The van der Waals surface area contributed by atoms with Crippen LogP contribution in [0, 0.1) is 0 Å². The molecule has 0 spiro atoms.